The molecule has 4 N–H and O–H groups in total. The number of ether oxygens (including phenoxy) is 4. The molecular weight excluding hydrogens is 1740 g/mol. The van der Waals surface area contributed by atoms with Crippen LogP contribution in [0.5, 0.6) is 23.0 Å². The van der Waals surface area contributed by atoms with Crippen LogP contribution in [0, 0.1) is 55.2 Å². The highest BCUT2D eigenvalue weighted by atomic mass is 19.4. The number of amides is 8. The van der Waals surface area contributed by atoms with E-state index in [1.807, 2.05) is 23.7 Å². The van der Waals surface area contributed by atoms with Gasteiger partial charge in [-0.1, -0.05) is 156 Å². The van der Waals surface area contributed by atoms with Gasteiger partial charge in [-0.2, -0.15) is 52.7 Å². The number of benzene rings is 8. The van der Waals surface area contributed by atoms with Gasteiger partial charge in [0.1, 0.15) is 30.0 Å². The first-order valence-corrected chi connectivity index (χ1v) is 42.5. The van der Waals surface area contributed by atoms with E-state index in [0.717, 1.165) is 215 Å². The molecule has 1 heterocycles. The minimum Gasteiger partial charge on any atom is -0.493 e. The minimum absolute atomic E-state index is 0.00163. The zero-order valence-electron chi connectivity index (χ0n) is 71.8. The predicted molar refractivity (Wildman–Crippen MR) is 467 cm³/mol. The van der Waals surface area contributed by atoms with E-state index in [4.69, 9.17) is 44.6 Å². The normalized spacial score (nSPS) is 15.6. The molecule has 0 bridgehead atoms. The van der Waals surface area contributed by atoms with Crippen molar-refractivity contribution in [3.05, 3.63) is 238 Å². The van der Waals surface area contributed by atoms with Gasteiger partial charge in [-0.25, -0.2) is 4.39 Å². The number of anilines is 4. The molecule has 4 unspecified atom stereocenters. The van der Waals surface area contributed by atoms with Crippen LogP contribution in [-0.4, -0.2) is 92.4 Å². The molecule has 0 radical (unpaired) electrons. The molecule has 5 aliphatic rings. The maximum atomic E-state index is 14.0. The summed E-state index contributed by atoms with van der Waals surface area (Å²) < 4.78 is 196. The lowest BCUT2D eigenvalue weighted by Gasteiger charge is -2.32. The number of rotatable bonds is 22. The van der Waals surface area contributed by atoms with Crippen molar-refractivity contribution in [3.63, 3.8) is 0 Å². The minimum atomic E-state index is -4.67. The van der Waals surface area contributed by atoms with Crippen molar-refractivity contribution in [2.75, 3.05) is 40.6 Å². The second kappa shape index (κ2) is 46.0. The summed E-state index contributed by atoms with van der Waals surface area (Å²) in [6, 6.07) is 33.7. The molecule has 4 atom stereocenters. The SMILES string of the molecule is C#CC(=O)N(c1cccc(C(F)(F)F)c1)C(C(=O)NC1CCCCC1)c1ccc(OC)c(OC)c1.C#CC(=O)N(c1cccc(C(F)(F)F)c1)C(C(=O)NC1CCCCC1)c1ccc2c(c1)OCO2.C#CC(=O)N(c1cccc(C(F)(F)F)c1)C(C(=O)NC1CCCCC1)c1cccc(F)c1.C#CC(=O)N(c1cccc(C(F)(F)F)c1)C(C(=O)NC1CCCCC1)c1ccccc1. The Morgan fingerprint density at radius 1 is 0.326 bits per heavy atom. The van der Waals surface area contributed by atoms with Crippen LogP contribution in [0.25, 0.3) is 0 Å². The smallest absolute Gasteiger partial charge is 0.416 e. The molecular formula is C99H95F13N8O12. The summed E-state index contributed by atoms with van der Waals surface area (Å²) in [5, 5.41) is 11.8. The molecule has 8 amide bonds. The number of methoxy groups -OCH3 is 2. The van der Waals surface area contributed by atoms with Crippen molar-refractivity contribution in [1.82, 2.24) is 21.3 Å². The molecule has 1 aliphatic heterocycles. The van der Waals surface area contributed by atoms with E-state index in [1.165, 1.54) is 80.9 Å². The monoisotopic (exact) mass is 1830 g/mol. The summed E-state index contributed by atoms with van der Waals surface area (Å²) in [6.45, 7) is -0.00163. The molecule has 13 rings (SSSR count). The third-order valence-electron chi connectivity index (χ3n) is 22.7. The second-order valence-electron chi connectivity index (χ2n) is 31.6. The number of terminal acetylenes is 4. The topological polar surface area (TPSA) is 235 Å². The van der Waals surface area contributed by atoms with Crippen molar-refractivity contribution in [3.8, 4) is 72.4 Å². The van der Waals surface area contributed by atoms with Crippen LogP contribution in [0.15, 0.2) is 188 Å². The van der Waals surface area contributed by atoms with E-state index in [9.17, 15) is 95.4 Å². The van der Waals surface area contributed by atoms with Crippen molar-refractivity contribution in [2.45, 2.75) is 201 Å². The summed E-state index contributed by atoms with van der Waals surface area (Å²) in [5.74, 6) is 2.58. The molecule has 33 heteroatoms. The molecule has 4 aliphatic carbocycles. The summed E-state index contributed by atoms with van der Waals surface area (Å²) >= 11 is 0. The van der Waals surface area contributed by atoms with E-state index < -0.39 is 124 Å². The van der Waals surface area contributed by atoms with Gasteiger partial charge >= 0.3 is 48.3 Å². The van der Waals surface area contributed by atoms with Gasteiger partial charge in [0.2, 0.25) is 30.4 Å². The third kappa shape index (κ3) is 26.7. The Bertz CT molecular complexity index is 5560. The van der Waals surface area contributed by atoms with Gasteiger partial charge in [0, 0.05) is 46.9 Å². The van der Waals surface area contributed by atoms with Crippen LogP contribution in [-0.2, 0) is 63.1 Å². The Hall–Kier alpha value is -14.0. The average molecular weight is 1840 g/mol. The molecule has 0 aromatic heterocycles. The number of fused-ring (bicyclic) bond motifs is 1. The van der Waals surface area contributed by atoms with E-state index >= 15 is 0 Å². The van der Waals surface area contributed by atoms with Crippen LogP contribution in [0.3, 0.4) is 0 Å². The Morgan fingerprint density at radius 2 is 0.606 bits per heavy atom. The number of hydrogen-bond acceptors (Lipinski definition) is 12. The molecule has 694 valence electrons. The van der Waals surface area contributed by atoms with E-state index in [2.05, 4.69) is 21.3 Å². The van der Waals surface area contributed by atoms with Gasteiger partial charge in [-0.15, -0.1) is 25.7 Å². The maximum Gasteiger partial charge on any atom is 0.416 e. The molecule has 0 saturated heterocycles. The van der Waals surface area contributed by atoms with Gasteiger partial charge in [0.15, 0.2) is 23.0 Å². The van der Waals surface area contributed by atoms with Crippen molar-refractivity contribution >= 4 is 70.0 Å². The zero-order chi connectivity index (χ0) is 95.6. The lowest BCUT2D eigenvalue weighted by molar-refractivity contribution is -0.138. The predicted octanol–water partition coefficient (Wildman–Crippen LogP) is 19.3. The number of nitrogens with one attached hydrogen (secondary N) is 4. The average Bonchev–Trinajstić information content (AvgIpc) is 1.18. The van der Waals surface area contributed by atoms with Crippen molar-refractivity contribution in [1.29, 1.82) is 0 Å². The molecule has 20 nitrogen and oxygen atoms in total. The highest BCUT2D eigenvalue weighted by Crippen LogP contribution is 2.44. The Morgan fingerprint density at radius 3 is 0.909 bits per heavy atom. The summed E-state index contributed by atoms with van der Waals surface area (Å²) in [5.41, 5.74) is -3.27. The highest BCUT2D eigenvalue weighted by molar-refractivity contribution is 6.12. The lowest BCUT2D eigenvalue weighted by atomic mass is 9.94. The number of alkyl halides is 12. The zero-order valence-corrected chi connectivity index (χ0v) is 71.8. The van der Waals surface area contributed by atoms with Crippen molar-refractivity contribution < 1.29 is 114 Å². The van der Waals surface area contributed by atoms with Crippen molar-refractivity contribution in [2.24, 2.45) is 0 Å². The first-order valence-electron chi connectivity index (χ1n) is 42.5. The molecule has 4 fully saturated rings. The van der Waals surface area contributed by atoms with Gasteiger partial charge in [0.25, 0.3) is 0 Å². The summed E-state index contributed by atoms with van der Waals surface area (Å²) in [4.78, 5) is 109. The first kappa shape index (κ1) is 100. The quantitative estimate of drug-likeness (QED) is 0.0366. The molecule has 132 heavy (non-hydrogen) atoms. The largest absolute Gasteiger partial charge is 0.493 e. The van der Waals surface area contributed by atoms with Gasteiger partial charge < -0.3 is 40.2 Å². The van der Waals surface area contributed by atoms with Crippen LogP contribution in [0.4, 0.5) is 79.8 Å². The number of hydrogen-bond donors (Lipinski definition) is 4. The molecule has 0 spiro atoms. The number of carbonyl (C=O) groups is 8. The van der Waals surface area contributed by atoms with Gasteiger partial charge in [0.05, 0.1) is 36.5 Å². The van der Waals surface area contributed by atoms with E-state index in [1.54, 1.807) is 54.6 Å². The summed E-state index contributed by atoms with van der Waals surface area (Å²) in [7, 11) is 2.86. The number of halogens is 13. The Balaban J connectivity index is 0.000000183. The fraction of sp³-hybridized carbons (Fsp3) is 0.354. The van der Waals surface area contributed by atoms with Crippen LogP contribution in [0.2, 0.25) is 0 Å². The number of carbonyl (C=O) groups excluding carboxylic acids is 8. The van der Waals surface area contributed by atoms with Crippen LogP contribution < -0.4 is 59.8 Å². The first-order chi connectivity index (χ1) is 63.0. The van der Waals surface area contributed by atoms with Crippen LogP contribution in [0.1, 0.15) is 197 Å². The molecule has 8 aromatic carbocycles. The van der Waals surface area contributed by atoms with Gasteiger partial charge in [-0.3, -0.25) is 58.0 Å². The Labute approximate surface area is 755 Å². The highest BCUT2D eigenvalue weighted by Gasteiger charge is 2.43. The fourth-order valence-corrected chi connectivity index (χ4v) is 16.3. The van der Waals surface area contributed by atoms with Crippen LogP contribution >= 0.6 is 0 Å². The molecule has 8 aromatic rings. The Kier molecular flexibility index (Phi) is 34.9. The third-order valence-corrected chi connectivity index (χ3v) is 22.7. The van der Waals surface area contributed by atoms with E-state index in [-0.39, 0.29) is 65.0 Å². The standard InChI is InChI=1S/C26H27F3N2O4.C25H23F3N2O4.C24H22F4N2O2.C24H23F3N2O2/c1-4-23(32)31(20-12-8-9-18(16-20)26(27,28)29)24(25(33)30-19-10-6-5-7-11-19)17-13-14-21(34-2)22(15-17)35-3;1-2-22(31)30(19-10-6-7-17(14-19)25(26,27)28)23(24(32)29-18-8-4-3-5-9-18)16-11-12-20-21(13-16)34-15-33-20;1-2-21(31)30(20-13-7-9-17(15-20)24(26,27)28)22(16-8-6-10-18(25)14-16)23(32)29-19-11-4-3-5-12-19;1-2-21(30)29(20-15-9-12-18(16-20)24(25,26)27)22(17-10-5-3-6-11-17)23(31)28-19-13-7-4-8-14-19/h1,8-9,12-16,19,24H,5-7,10-11H2,2-3H3,(H,30,33);1,6-7,10-14,18,23H,3-5,8-9,15H2,(H,29,32);1,6-10,13-15,19,22H,3-5,11-12H2,(H,29,32);1,3,5-6,9-12,15-16,19,22H,4,7-8,13-14H2,(H,28,31). The van der Waals surface area contributed by atoms with Gasteiger partial charge in [-0.05, 0) is 206 Å². The number of nitrogens with zero attached hydrogens (tertiary/aromatic N) is 4. The fourth-order valence-electron chi connectivity index (χ4n) is 16.3. The molecule has 4 saturated carbocycles. The summed E-state index contributed by atoms with van der Waals surface area (Å²) in [6.07, 6.45) is 21.0. The lowest BCUT2D eigenvalue weighted by Crippen LogP contribution is -2.47. The maximum absolute atomic E-state index is 14.0. The second-order valence-corrected chi connectivity index (χ2v) is 31.6. The van der Waals surface area contributed by atoms with E-state index in [0.29, 0.717) is 33.9 Å².